The standard InChI is InChI=1S/C12H13I/c1-4-6-10-8-7-9(3)12(13)11(10)5-2/h4-8H,2H2,1,3H3/b6-4-. The molecule has 0 aliphatic rings. The molecule has 1 rings (SSSR count). The summed E-state index contributed by atoms with van der Waals surface area (Å²) in [6, 6.07) is 4.28. The molecule has 68 valence electrons. The second kappa shape index (κ2) is 4.61. The first-order chi connectivity index (χ1) is 6.20. The van der Waals surface area contributed by atoms with E-state index in [9.17, 15) is 0 Å². The fourth-order valence-corrected chi connectivity index (χ4v) is 1.96. The predicted octanol–water partition coefficient (Wildman–Crippen LogP) is 4.28. The summed E-state index contributed by atoms with van der Waals surface area (Å²) in [7, 11) is 0. The van der Waals surface area contributed by atoms with Gasteiger partial charge >= 0.3 is 0 Å². The second-order valence-corrected chi connectivity index (χ2v) is 3.98. The van der Waals surface area contributed by atoms with Crippen LogP contribution in [0, 0.1) is 10.5 Å². The van der Waals surface area contributed by atoms with Crippen LogP contribution < -0.4 is 0 Å². The molecule has 13 heavy (non-hydrogen) atoms. The van der Waals surface area contributed by atoms with Crippen LogP contribution in [0.1, 0.15) is 23.6 Å². The van der Waals surface area contributed by atoms with Gasteiger partial charge in [0, 0.05) is 3.57 Å². The Morgan fingerprint density at radius 2 is 2.08 bits per heavy atom. The first-order valence-electron chi connectivity index (χ1n) is 4.25. The van der Waals surface area contributed by atoms with E-state index in [0.29, 0.717) is 0 Å². The average Bonchev–Trinajstić information content (AvgIpc) is 2.12. The van der Waals surface area contributed by atoms with Crippen molar-refractivity contribution >= 4 is 34.7 Å². The highest BCUT2D eigenvalue weighted by atomic mass is 127. The van der Waals surface area contributed by atoms with Gasteiger partial charge in [0.05, 0.1) is 0 Å². The molecule has 0 unspecified atom stereocenters. The summed E-state index contributed by atoms with van der Waals surface area (Å²) in [5, 5.41) is 0. The Bertz CT molecular complexity index is 348. The molecule has 0 N–H and O–H groups in total. The van der Waals surface area contributed by atoms with Gasteiger partial charge in [-0.2, -0.15) is 0 Å². The maximum atomic E-state index is 3.84. The van der Waals surface area contributed by atoms with Crippen LogP contribution in [0.15, 0.2) is 24.8 Å². The molecule has 0 aliphatic carbocycles. The van der Waals surface area contributed by atoms with Gasteiger partial charge in [0.2, 0.25) is 0 Å². The molecule has 0 amide bonds. The fraction of sp³-hybridized carbons (Fsp3) is 0.167. The number of aryl methyl sites for hydroxylation is 1. The molecule has 1 heteroatoms. The Balaban J connectivity index is 3.37. The van der Waals surface area contributed by atoms with Crippen LogP contribution in [0.5, 0.6) is 0 Å². The Labute approximate surface area is 93.5 Å². The van der Waals surface area contributed by atoms with E-state index in [1.54, 1.807) is 0 Å². The summed E-state index contributed by atoms with van der Waals surface area (Å²) < 4.78 is 1.29. The van der Waals surface area contributed by atoms with Crippen molar-refractivity contribution in [2.45, 2.75) is 13.8 Å². The average molecular weight is 284 g/mol. The number of allylic oxidation sites excluding steroid dienone is 1. The molecule has 0 saturated carbocycles. The fourth-order valence-electron chi connectivity index (χ4n) is 1.25. The van der Waals surface area contributed by atoms with E-state index >= 15 is 0 Å². The minimum Gasteiger partial charge on any atom is -0.0984 e. The Morgan fingerprint density at radius 1 is 1.38 bits per heavy atom. The third-order valence-corrected chi connectivity index (χ3v) is 3.39. The van der Waals surface area contributed by atoms with Crippen molar-refractivity contribution in [3.8, 4) is 0 Å². The smallest absolute Gasteiger partial charge is 0.0237 e. The SMILES string of the molecule is C=Cc1c(/C=C\C)ccc(C)c1I. The van der Waals surface area contributed by atoms with Crippen LogP contribution in [-0.2, 0) is 0 Å². The molecule has 0 bridgehead atoms. The van der Waals surface area contributed by atoms with Crippen LogP contribution >= 0.6 is 22.6 Å². The molecule has 0 fully saturated rings. The minimum atomic E-state index is 1.23. The molecule has 1 aromatic rings. The lowest BCUT2D eigenvalue weighted by Gasteiger charge is -2.06. The number of hydrogen-bond donors (Lipinski definition) is 0. The van der Waals surface area contributed by atoms with E-state index in [1.807, 2.05) is 19.1 Å². The van der Waals surface area contributed by atoms with Gasteiger partial charge in [-0.15, -0.1) is 0 Å². The summed E-state index contributed by atoms with van der Waals surface area (Å²) in [4.78, 5) is 0. The Hall–Kier alpha value is -0.570. The van der Waals surface area contributed by atoms with E-state index in [1.165, 1.54) is 20.3 Å². The van der Waals surface area contributed by atoms with Crippen molar-refractivity contribution in [2.75, 3.05) is 0 Å². The summed E-state index contributed by atoms with van der Waals surface area (Å²) in [5.74, 6) is 0. The molecule has 0 heterocycles. The van der Waals surface area contributed by atoms with Gasteiger partial charge in [-0.25, -0.2) is 0 Å². The molecular formula is C12H13I. The number of rotatable bonds is 2. The van der Waals surface area contributed by atoms with Gasteiger partial charge < -0.3 is 0 Å². The molecule has 0 radical (unpaired) electrons. The lowest BCUT2D eigenvalue weighted by molar-refractivity contribution is 1.40. The monoisotopic (exact) mass is 284 g/mol. The third kappa shape index (κ3) is 2.21. The van der Waals surface area contributed by atoms with E-state index < -0.39 is 0 Å². The van der Waals surface area contributed by atoms with Crippen LogP contribution in [0.4, 0.5) is 0 Å². The lowest BCUT2D eigenvalue weighted by atomic mass is 10.0. The molecule has 0 atom stereocenters. The van der Waals surface area contributed by atoms with Crippen LogP contribution in [0.25, 0.3) is 12.2 Å². The summed E-state index contributed by atoms with van der Waals surface area (Å²) in [6.07, 6.45) is 6.08. The van der Waals surface area contributed by atoms with E-state index in [0.717, 1.165) is 0 Å². The van der Waals surface area contributed by atoms with Crippen LogP contribution in [0.2, 0.25) is 0 Å². The van der Waals surface area contributed by atoms with Crippen molar-refractivity contribution in [1.29, 1.82) is 0 Å². The summed E-state index contributed by atoms with van der Waals surface area (Å²) >= 11 is 2.37. The minimum absolute atomic E-state index is 1.23. The number of benzene rings is 1. The topological polar surface area (TPSA) is 0 Å². The first kappa shape index (κ1) is 10.5. The molecule has 1 aromatic carbocycles. The second-order valence-electron chi connectivity index (χ2n) is 2.90. The van der Waals surface area contributed by atoms with Crippen molar-refractivity contribution < 1.29 is 0 Å². The highest BCUT2D eigenvalue weighted by Gasteiger charge is 2.02. The van der Waals surface area contributed by atoms with Gasteiger partial charge in [-0.05, 0) is 53.1 Å². The molecule has 0 aromatic heterocycles. The van der Waals surface area contributed by atoms with Gasteiger partial charge in [-0.1, -0.05) is 36.9 Å². The van der Waals surface area contributed by atoms with Crippen molar-refractivity contribution in [3.05, 3.63) is 45.0 Å². The van der Waals surface area contributed by atoms with Gasteiger partial charge in [0.15, 0.2) is 0 Å². The van der Waals surface area contributed by atoms with E-state index in [2.05, 4.69) is 54.3 Å². The van der Waals surface area contributed by atoms with Crippen LogP contribution in [0.3, 0.4) is 0 Å². The number of hydrogen-bond acceptors (Lipinski definition) is 0. The Kier molecular flexibility index (Phi) is 3.72. The summed E-state index contributed by atoms with van der Waals surface area (Å²) in [5.41, 5.74) is 3.79. The maximum Gasteiger partial charge on any atom is 0.0237 e. The Morgan fingerprint density at radius 3 is 2.62 bits per heavy atom. The zero-order chi connectivity index (χ0) is 9.84. The molecular weight excluding hydrogens is 271 g/mol. The zero-order valence-electron chi connectivity index (χ0n) is 7.97. The first-order valence-corrected chi connectivity index (χ1v) is 5.32. The molecule has 0 saturated heterocycles. The van der Waals surface area contributed by atoms with Crippen molar-refractivity contribution in [1.82, 2.24) is 0 Å². The normalized spacial score (nSPS) is 10.7. The lowest BCUT2D eigenvalue weighted by Crippen LogP contribution is -1.89. The largest absolute Gasteiger partial charge is 0.0984 e. The molecule has 0 nitrogen and oxygen atoms in total. The van der Waals surface area contributed by atoms with E-state index in [-0.39, 0.29) is 0 Å². The highest BCUT2D eigenvalue weighted by Crippen LogP contribution is 2.22. The van der Waals surface area contributed by atoms with Crippen molar-refractivity contribution in [3.63, 3.8) is 0 Å². The highest BCUT2D eigenvalue weighted by molar-refractivity contribution is 14.1. The third-order valence-electron chi connectivity index (χ3n) is 1.96. The van der Waals surface area contributed by atoms with E-state index in [4.69, 9.17) is 0 Å². The van der Waals surface area contributed by atoms with Crippen molar-refractivity contribution in [2.24, 2.45) is 0 Å². The predicted molar refractivity (Wildman–Crippen MR) is 68.7 cm³/mol. The molecule has 0 spiro atoms. The van der Waals surface area contributed by atoms with Gasteiger partial charge in [0.1, 0.15) is 0 Å². The van der Waals surface area contributed by atoms with Crippen LogP contribution in [-0.4, -0.2) is 0 Å². The van der Waals surface area contributed by atoms with Gasteiger partial charge in [-0.3, -0.25) is 0 Å². The molecule has 0 aliphatic heterocycles. The zero-order valence-corrected chi connectivity index (χ0v) is 10.1. The summed E-state index contributed by atoms with van der Waals surface area (Å²) in [6.45, 7) is 7.98. The number of halogens is 1. The van der Waals surface area contributed by atoms with Gasteiger partial charge in [0.25, 0.3) is 0 Å². The maximum absolute atomic E-state index is 3.84. The quantitative estimate of drug-likeness (QED) is 0.711.